The number of nitrogens with two attached hydrogens (primary N) is 1. The fourth-order valence-corrected chi connectivity index (χ4v) is 2.58. The lowest BCUT2D eigenvalue weighted by molar-refractivity contribution is 0.0317. The molecule has 0 amide bonds. The molecule has 6 nitrogen and oxygen atoms in total. The zero-order chi connectivity index (χ0) is 13.6. The largest absolute Gasteiger partial charge is 0.456 e. The normalized spacial score (nSPS) is 19.8. The fourth-order valence-electron chi connectivity index (χ4n) is 1.78. The van der Waals surface area contributed by atoms with E-state index < -0.39 is 7.75 Å². The van der Waals surface area contributed by atoms with Gasteiger partial charge in [0.2, 0.25) is 0 Å². The van der Waals surface area contributed by atoms with Gasteiger partial charge in [0.05, 0.1) is 19.8 Å². The van der Waals surface area contributed by atoms with Crippen LogP contribution in [0.5, 0.6) is 5.75 Å². The van der Waals surface area contributed by atoms with E-state index >= 15 is 0 Å². The summed E-state index contributed by atoms with van der Waals surface area (Å²) in [6.07, 6.45) is 0. The van der Waals surface area contributed by atoms with E-state index in [0.717, 1.165) is 26.3 Å². The van der Waals surface area contributed by atoms with Crippen molar-refractivity contribution in [3.05, 3.63) is 30.3 Å². The third kappa shape index (κ3) is 5.30. The van der Waals surface area contributed by atoms with Crippen LogP contribution in [0.2, 0.25) is 0 Å². The first-order valence-electron chi connectivity index (χ1n) is 6.24. The lowest BCUT2D eigenvalue weighted by Gasteiger charge is -2.26. The Balaban J connectivity index is 1.73. The minimum atomic E-state index is -3.54. The van der Waals surface area contributed by atoms with Gasteiger partial charge in [-0.3, -0.25) is 9.42 Å². The molecule has 1 unspecified atom stereocenters. The first-order chi connectivity index (χ1) is 9.16. The number of hydrogen-bond acceptors (Lipinski definition) is 5. The van der Waals surface area contributed by atoms with Crippen LogP contribution in [0.1, 0.15) is 0 Å². The van der Waals surface area contributed by atoms with Crippen molar-refractivity contribution in [3.63, 3.8) is 0 Å². The van der Waals surface area contributed by atoms with E-state index in [2.05, 4.69) is 4.90 Å². The molecule has 0 spiro atoms. The van der Waals surface area contributed by atoms with Gasteiger partial charge in [0, 0.05) is 19.6 Å². The summed E-state index contributed by atoms with van der Waals surface area (Å²) in [4.78, 5) is 2.17. The van der Waals surface area contributed by atoms with Gasteiger partial charge in [0.1, 0.15) is 5.75 Å². The Morgan fingerprint density at radius 2 is 1.95 bits per heavy atom. The molecule has 1 aromatic carbocycles. The second-order valence-electron chi connectivity index (χ2n) is 4.23. The highest BCUT2D eigenvalue weighted by Crippen LogP contribution is 2.39. The summed E-state index contributed by atoms with van der Waals surface area (Å²) in [6.45, 7) is 4.11. The van der Waals surface area contributed by atoms with E-state index in [-0.39, 0.29) is 6.61 Å². The summed E-state index contributed by atoms with van der Waals surface area (Å²) in [7, 11) is -3.54. The van der Waals surface area contributed by atoms with Gasteiger partial charge in [0.15, 0.2) is 0 Å². The van der Waals surface area contributed by atoms with Gasteiger partial charge in [-0.15, -0.1) is 0 Å². The minimum absolute atomic E-state index is 0.278. The van der Waals surface area contributed by atoms with Crippen molar-refractivity contribution >= 4 is 7.75 Å². The predicted octanol–water partition coefficient (Wildman–Crippen LogP) is 1.48. The lowest BCUT2D eigenvalue weighted by Crippen LogP contribution is -2.38. The van der Waals surface area contributed by atoms with Gasteiger partial charge in [-0.1, -0.05) is 18.2 Å². The molecule has 1 atom stereocenters. The average Bonchev–Trinajstić information content (AvgIpc) is 2.40. The van der Waals surface area contributed by atoms with Gasteiger partial charge in [0.25, 0.3) is 0 Å². The van der Waals surface area contributed by atoms with Gasteiger partial charge in [-0.05, 0) is 12.1 Å². The van der Waals surface area contributed by atoms with Gasteiger partial charge in [-0.25, -0.2) is 10.1 Å². The standard InChI is InChI=1S/C12H19N2O4P/c13-19(15,18-12-4-2-1-3-5-12)17-11-8-14-6-9-16-10-7-14/h1-5H,6-11H2,(H2,13,15). The topological polar surface area (TPSA) is 74.0 Å². The zero-order valence-corrected chi connectivity index (χ0v) is 11.6. The van der Waals surface area contributed by atoms with Crippen LogP contribution in [0.4, 0.5) is 0 Å². The van der Waals surface area contributed by atoms with E-state index in [1.54, 1.807) is 24.3 Å². The molecule has 1 aliphatic rings. The second-order valence-corrected chi connectivity index (χ2v) is 5.75. The van der Waals surface area contributed by atoms with Crippen molar-refractivity contribution in [2.24, 2.45) is 5.50 Å². The van der Waals surface area contributed by atoms with Gasteiger partial charge < -0.3 is 9.26 Å². The summed E-state index contributed by atoms with van der Waals surface area (Å²) in [5.74, 6) is 0.444. The zero-order valence-electron chi connectivity index (χ0n) is 10.7. The predicted molar refractivity (Wildman–Crippen MR) is 72.1 cm³/mol. The molecule has 0 aliphatic carbocycles. The number of ether oxygens (including phenoxy) is 1. The van der Waals surface area contributed by atoms with E-state index in [1.165, 1.54) is 0 Å². The molecule has 19 heavy (non-hydrogen) atoms. The lowest BCUT2D eigenvalue weighted by atomic mass is 10.3. The molecule has 2 N–H and O–H groups in total. The van der Waals surface area contributed by atoms with Crippen LogP contribution in [0.25, 0.3) is 0 Å². The van der Waals surface area contributed by atoms with Gasteiger partial charge in [-0.2, -0.15) is 0 Å². The fraction of sp³-hybridized carbons (Fsp3) is 0.500. The Morgan fingerprint density at radius 1 is 1.26 bits per heavy atom. The van der Waals surface area contributed by atoms with Crippen molar-refractivity contribution < 1.29 is 18.3 Å². The van der Waals surface area contributed by atoms with Crippen LogP contribution >= 0.6 is 7.75 Å². The number of morpholine rings is 1. The molecule has 0 saturated carbocycles. The van der Waals surface area contributed by atoms with Crippen LogP contribution in [-0.2, 0) is 13.8 Å². The van der Waals surface area contributed by atoms with E-state index in [4.69, 9.17) is 19.3 Å². The average molecular weight is 286 g/mol. The number of para-hydroxylation sites is 1. The molecular weight excluding hydrogens is 267 g/mol. The molecule has 106 valence electrons. The number of rotatable bonds is 6. The molecule has 1 aliphatic heterocycles. The van der Waals surface area contributed by atoms with Crippen molar-refractivity contribution in [2.45, 2.75) is 0 Å². The highest BCUT2D eigenvalue weighted by molar-refractivity contribution is 7.51. The van der Waals surface area contributed by atoms with E-state index in [0.29, 0.717) is 12.3 Å². The van der Waals surface area contributed by atoms with Crippen molar-refractivity contribution in [1.29, 1.82) is 0 Å². The number of nitrogens with zero attached hydrogens (tertiary/aromatic N) is 1. The Kier molecular flexibility index (Phi) is 5.36. The maximum Gasteiger partial charge on any atom is 0.456 e. The summed E-state index contributed by atoms with van der Waals surface area (Å²) in [6, 6.07) is 8.77. The third-order valence-corrected chi connectivity index (χ3v) is 3.77. The molecule has 1 aromatic rings. The second kappa shape index (κ2) is 7.03. The highest BCUT2D eigenvalue weighted by Gasteiger charge is 2.20. The molecule has 1 saturated heterocycles. The maximum atomic E-state index is 11.9. The SMILES string of the molecule is NP(=O)(OCCN1CCOCC1)Oc1ccccc1. The van der Waals surface area contributed by atoms with Crippen LogP contribution < -0.4 is 10.0 Å². The van der Waals surface area contributed by atoms with E-state index in [1.807, 2.05) is 6.07 Å². The Morgan fingerprint density at radius 3 is 2.63 bits per heavy atom. The first kappa shape index (κ1) is 14.5. The molecule has 7 heteroatoms. The number of benzene rings is 1. The first-order valence-corrected chi connectivity index (χ1v) is 7.85. The molecule has 2 rings (SSSR count). The van der Waals surface area contributed by atoms with Crippen molar-refractivity contribution in [2.75, 3.05) is 39.5 Å². The van der Waals surface area contributed by atoms with Crippen LogP contribution in [-0.4, -0.2) is 44.4 Å². The molecule has 0 bridgehead atoms. The Bertz CT molecular complexity index is 423. The maximum absolute atomic E-state index is 11.9. The molecule has 0 radical (unpaired) electrons. The van der Waals surface area contributed by atoms with E-state index in [9.17, 15) is 4.57 Å². The number of hydrogen-bond donors (Lipinski definition) is 1. The Labute approximate surface area is 113 Å². The summed E-state index contributed by atoms with van der Waals surface area (Å²) < 4.78 is 27.5. The highest BCUT2D eigenvalue weighted by atomic mass is 31.2. The summed E-state index contributed by atoms with van der Waals surface area (Å²) >= 11 is 0. The molecular formula is C12H19N2O4P. The summed E-state index contributed by atoms with van der Waals surface area (Å²) in [5.41, 5.74) is 5.53. The molecule has 1 fully saturated rings. The smallest absolute Gasteiger partial charge is 0.413 e. The van der Waals surface area contributed by atoms with Crippen molar-refractivity contribution in [1.82, 2.24) is 4.90 Å². The molecule has 0 aromatic heterocycles. The van der Waals surface area contributed by atoms with Gasteiger partial charge >= 0.3 is 7.75 Å². The monoisotopic (exact) mass is 286 g/mol. The Hall–Kier alpha value is -0.910. The minimum Gasteiger partial charge on any atom is -0.413 e. The summed E-state index contributed by atoms with van der Waals surface area (Å²) in [5, 5.41) is 0. The van der Waals surface area contributed by atoms with Crippen LogP contribution in [0.15, 0.2) is 30.3 Å². The quantitative estimate of drug-likeness (QED) is 0.798. The van der Waals surface area contributed by atoms with Crippen LogP contribution in [0, 0.1) is 0 Å². The third-order valence-electron chi connectivity index (χ3n) is 2.76. The molecule has 1 heterocycles. The van der Waals surface area contributed by atoms with Crippen molar-refractivity contribution in [3.8, 4) is 5.75 Å². The van der Waals surface area contributed by atoms with Crippen LogP contribution in [0.3, 0.4) is 0 Å².